The van der Waals surface area contributed by atoms with Gasteiger partial charge in [0.25, 0.3) is 0 Å². The second-order valence-corrected chi connectivity index (χ2v) is 4.81. The van der Waals surface area contributed by atoms with Crippen molar-refractivity contribution >= 4 is 11.7 Å². The van der Waals surface area contributed by atoms with Crippen molar-refractivity contribution in [2.24, 2.45) is 0 Å². The van der Waals surface area contributed by atoms with Crippen LogP contribution < -0.4 is 4.90 Å². The summed E-state index contributed by atoms with van der Waals surface area (Å²) in [6, 6.07) is 7.86. The van der Waals surface area contributed by atoms with Gasteiger partial charge >= 0.3 is 5.97 Å². The number of anilines is 1. The molecule has 0 spiro atoms. The zero-order valence-corrected chi connectivity index (χ0v) is 12.2. The molecule has 0 aliphatic carbocycles. The number of hydrogen-bond acceptors (Lipinski definition) is 5. The Morgan fingerprint density at radius 2 is 2.14 bits per heavy atom. The van der Waals surface area contributed by atoms with E-state index in [2.05, 4.69) is 10.1 Å². The predicted molar refractivity (Wildman–Crippen MR) is 78.2 cm³/mol. The van der Waals surface area contributed by atoms with E-state index in [-0.39, 0.29) is 6.42 Å². The number of rotatable bonds is 7. The van der Waals surface area contributed by atoms with Gasteiger partial charge in [-0.15, -0.1) is 0 Å². The maximum atomic E-state index is 10.8. The number of aromatic nitrogens is 2. The molecule has 0 atom stereocenters. The fraction of sp³-hybridized carbons (Fsp3) is 0.400. The molecule has 0 unspecified atom stereocenters. The van der Waals surface area contributed by atoms with E-state index < -0.39 is 5.97 Å². The first-order valence-corrected chi connectivity index (χ1v) is 6.94. The van der Waals surface area contributed by atoms with Crippen LogP contribution >= 0.6 is 0 Å². The lowest BCUT2D eigenvalue weighted by Crippen LogP contribution is -2.27. The zero-order chi connectivity index (χ0) is 15.2. The molecule has 0 bridgehead atoms. The van der Waals surface area contributed by atoms with Crippen LogP contribution in [-0.4, -0.2) is 27.8 Å². The monoisotopic (exact) mass is 289 g/mol. The Morgan fingerprint density at radius 1 is 1.38 bits per heavy atom. The summed E-state index contributed by atoms with van der Waals surface area (Å²) in [5, 5.41) is 12.8. The van der Waals surface area contributed by atoms with Crippen molar-refractivity contribution in [2.75, 3.05) is 11.4 Å². The smallest absolute Gasteiger partial charge is 0.305 e. The number of para-hydroxylation sites is 1. The van der Waals surface area contributed by atoms with E-state index in [4.69, 9.17) is 9.63 Å². The third-order valence-corrected chi connectivity index (χ3v) is 3.20. The largest absolute Gasteiger partial charge is 0.481 e. The summed E-state index contributed by atoms with van der Waals surface area (Å²) < 4.78 is 5.10. The van der Waals surface area contributed by atoms with Gasteiger partial charge in [-0.3, -0.25) is 4.79 Å². The molecule has 6 heteroatoms. The third-order valence-electron chi connectivity index (χ3n) is 3.20. The standard InChI is InChI=1S/C15H19N3O3/c1-3-14-16-13(17-21-14)10-18(9-8-15(19)20)12-7-5-4-6-11(12)2/h4-7H,3,8-10H2,1-2H3,(H,19,20). The molecule has 112 valence electrons. The summed E-state index contributed by atoms with van der Waals surface area (Å²) in [6.07, 6.45) is 0.749. The Kier molecular flexibility index (Phi) is 4.92. The molecule has 0 fully saturated rings. The Morgan fingerprint density at radius 3 is 2.76 bits per heavy atom. The minimum atomic E-state index is -0.823. The van der Waals surface area contributed by atoms with Crippen molar-refractivity contribution in [3.8, 4) is 0 Å². The lowest BCUT2D eigenvalue weighted by atomic mass is 10.1. The SMILES string of the molecule is CCc1nc(CN(CCC(=O)O)c2ccccc2C)no1. The van der Waals surface area contributed by atoms with Gasteiger partial charge < -0.3 is 14.5 Å². The third kappa shape index (κ3) is 4.05. The van der Waals surface area contributed by atoms with Crippen LogP contribution in [0.1, 0.15) is 30.6 Å². The molecule has 0 saturated carbocycles. The maximum absolute atomic E-state index is 10.8. The number of aryl methyl sites for hydroxylation is 2. The second-order valence-electron chi connectivity index (χ2n) is 4.81. The van der Waals surface area contributed by atoms with Gasteiger partial charge in [-0.25, -0.2) is 0 Å². The van der Waals surface area contributed by atoms with E-state index in [1.54, 1.807) is 0 Å². The van der Waals surface area contributed by atoms with E-state index >= 15 is 0 Å². The summed E-state index contributed by atoms with van der Waals surface area (Å²) in [5.41, 5.74) is 2.07. The number of nitrogens with zero attached hydrogens (tertiary/aromatic N) is 3. The average Bonchev–Trinajstić information content (AvgIpc) is 2.92. The number of carboxylic acids is 1. The number of carboxylic acid groups (broad SMARTS) is 1. The topological polar surface area (TPSA) is 79.5 Å². The molecule has 21 heavy (non-hydrogen) atoms. The van der Waals surface area contributed by atoms with Crippen LogP contribution in [0.25, 0.3) is 0 Å². The van der Waals surface area contributed by atoms with Gasteiger partial charge in [-0.1, -0.05) is 30.3 Å². The van der Waals surface area contributed by atoms with Gasteiger partial charge in [0.1, 0.15) is 0 Å². The summed E-state index contributed by atoms with van der Waals surface area (Å²) in [4.78, 5) is 17.1. The molecule has 0 aliphatic heterocycles. The van der Waals surface area contributed by atoms with Gasteiger partial charge in [0.15, 0.2) is 5.82 Å². The van der Waals surface area contributed by atoms with Crippen molar-refractivity contribution in [1.29, 1.82) is 0 Å². The van der Waals surface area contributed by atoms with Gasteiger partial charge in [0.2, 0.25) is 5.89 Å². The molecule has 0 aliphatic rings. The first-order valence-electron chi connectivity index (χ1n) is 6.94. The minimum Gasteiger partial charge on any atom is -0.481 e. The van der Waals surface area contributed by atoms with E-state index in [1.165, 1.54) is 0 Å². The van der Waals surface area contributed by atoms with Crippen molar-refractivity contribution in [3.63, 3.8) is 0 Å². The Labute approximate surface area is 123 Å². The Balaban J connectivity index is 2.19. The molecule has 2 rings (SSSR count). The van der Waals surface area contributed by atoms with Crippen LogP contribution in [0, 0.1) is 6.92 Å². The summed E-state index contributed by atoms with van der Waals surface area (Å²) in [6.45, 7) is 4.77. The number of carbonyl (C=O) groups is 1. The maximum Gasteiger partial charge on any atom is 0.305 e. The van der Waals surface area contributed by atoms with Crippen LogP contribution in [-0.2, 0) is 17.8 Å². The lowest BCUT2D eigenvalue weighted by Gasteiger charge is -2.24. The van der Waals surface area contributed by atoms with Crippen molar-refractivity contribution in [1.82, 2.24) is 10.1 Å². The van der Waals surface area contributed by atoms with E-state index in [0.29, 0.717) is 31.2 Å². The molecule has 0 amide bonds. The molecule has 1 aromatic carbocycles. The van der Waals surface area contributed by atoms with Crippen LogP contribution in [0.15, 0.2) is 28.8 Å². The predicted octanol–water partition coefficient (Wildman–Crippen LogP) is 2.42. The number of hydrogen-bond donors (Lipinski definition) is 1. The van der Waals surface area contributed by atoms with E-state index in [0.717, 1.165) is 11.3 Å². The molecule has 1 aromatic heterocycles. The van der Waals surface area contributed by atoms with Gasteiger partial charge in [0, 0.05) is 18.7 Å². The molecular weight excluding hydrogens is 270 g/mol. The van der Waals surface area contributed by atoms with Crippen LogP contribution in [0.5, 0.6) is 0 Å². The van der Waals surface area contributed by atoms with Gasteiger partial charge in [-0.2, -0.15) is 4.98 Å². The molecule has 6 nitrogen and oxygen atoms in total. The summed E-state index contributed by atoms with van der Waals surface area (Å²) in [7, 11) is 0. The fourth-order valence-electron chi connectivity index (χ4n) is 2.10. The van der Waals surface area contributed by atoms with E-state index in [9.17, 15) is 4.79 Å². The van der Waals surface area contributed by atoms with Gasteiger partial charge in [-0.05, 0) is 18.6 Å². The highest BCUT2D eigenvalue weighted by Gasteiger charge is 2.14. The first kappa shape index (κ1) is 15.0. The number of aliphatic carboxylic acids is 1. The molecular formula is C15H19N3O3. The summed E-state index contributed by atoms with van der Waals surface area (Å²) in [5.74, 6) is 0.337. The lowest BCUT2D eigenvalue weighted by molar-refractivity contribution is -0.136. The first-order chi connectivity index (χ1) is 10.1. The Hall–Kier alpha value is -2.37. The molecule has 2 aromatic rings. The molecule has 1 heterocycles. The second kappa shape index (κ2) is 6.88. The fourth-order valence-corrected chi connectivity index (χ4v) is 2.10. The highest BCUT2D eigenvalue weighted by molar-refractivity contribution is 5.68. The minimum absolute atomic E-state index is 0.0623. The van der Waals surface area contributed by atoms with Crippen LogP contribution in [0.3, 0.4) is 0 Å². The van der Waals surface area contributed by atoms with Crippen LogP contribution in [0.4, 0.5) is 5.69 Å². The van der Waals surface area contributed by atoms with Crippen LogP contribution in [0.2, 0.25) is 0 Å². The Bertz CT molecular complexity index is 610. The average molecular weight is 289 g/mol. The van der Waals surface area contributed by atoms with Crippen molar-refractivity contribution in [3.05, 3.63) is 41.5 Å². The molecule has 1 N–H and O–H groups in total. The number of benzene rings is 1. The molecule has 0 saturated heterocycles. The highest BCUT2D eigenvalue weighted by Crippen LogP contribution is 2.21. The quantitative estimate of drug-likeness (QED) is 0.843. The van der Waals surface area contributed by atoms with Gasteiger partial charge in [0.05, 0.1) is 13.0 Å². The summed E-state index contributed by atoms with van der Waals surface area (Å²) >= 11 is 0. The zero-order valence-electron chi connectivity index (χ0n) is 12.2. The molecule has 0 radical (unpaired) electrons. The van der Waals surface area contributed by atoms with Crippen molar-refractivity contribution in [2.45, 2.75) is 33.2 Å². The van der Waals surface area contributed by atoms with E-state index in [1.807, 2.05) is 43.0 Å². The normalized spacial score (nSPS) is 10.6. The van der Waals surface area contributed by atoms with Crippen molar-refractivity contribution < 1.29 is 14.4 Å². The highest BCUT2D eigenvalue weighted by atomic mass is 16.5.